The van der Waals surface area contributed by atoms with E-state index >= 15 is 0 Å². The minimum Gasteiger partial charge on any atom is -0.388 e. The maximum absolute atomic E-state index is 8.99. The topological polar surface area (TPSA) is 61.8 Å². The maximum Gasteiger partial charge on any atom is 0.181 e. The van der Waals surface area contributed by atoms with E-state index in [1.165, 1.54) is 24.8 Å². The van der Waals surface area contributed by atoms with Crippen LogP contribution in [-0.2, 0) is 13.0 Å². The number of aryl methyl sites for hydroxylation is 1. The van der Waals surface area contributed by atoms with Crippen LogP contribution in [0.2, 0.25) is 0 Å². The Morgan fingerprint density at radius 2 is 1.81 bits per heavy atom. The molecule has 0 bridgehead atoms. The van der Waals surface area contributed by atoms with Gasteiger partial charge in [0.2, 0.25) is 0 Å². The van der Waals surface area contributed by atoms with E-state index in [1.54, 1.807) is 0 Å². The largest absolute Gasteiger partial charge is 0.388 e. The fourth-order valence-corrected chi connectivity index (χ4v) is 2.30. The van der Waals surface area contributed by atoms with Crippen molar-refractivity contribution in [1.29, 1.82) is 0 Å². The number of nitrogens with one attached hydrogen (secondary N) is 1. The number of benzene rings is 1. The van der Waals surface area contributed by atoms with Crippen molar-refractivity contribution in [2.75, 3.05) is 0 Å². The average molecular weight is 287 g/mol. The summed E-state index contributed by atoms with van der Waals surface area (Å²) < 4.78 is 0. The van der Waals surface area contributed by atoms with E-state index in [-0.39, 0.29) is 6.61 Å². The van der Waals surface area contributed by atoms with E-state index in [9.17, 15) is 0 Å². The summed E-state index contributed by atoms with van der Waals surface area (Å²) in [7, 11) is 0. The van der Waals surface area contributed by atoms with Gasteiger partial charge in [0.15, 0.2) is 11.6 Å². The first-order chi connectivity index (χ1) is 9.98. The van der Waals surface area contributed by atoms with Gasteiger partial charge in [0.25, 0.3) is 0 Å². The summed E-state index contributed by atoms with van der Waals surface area (Å²) in [6, 6.07) is 8.37. The van der Waals surface area contributed by atoms with Crippen molar-refractivity contribution < 1.29 is 5.11 Å². The number of hydrogen-bond acceptors (Lipinski definition) is 3. The van der Waals surface area contributed by atoms with Gasteiger partial charge in [0, 0.05) is 5.56 Å². The lowest BCUT2D eigenvalue weighted by atomic mass is 9.89. The summed E-state index contributed by atoms with van der Waals surface area (Å²) >= 11 is 0. The molecule has 1 aromatic carbocycles. The Morgan fingerprint density at radius 1 is 1.10 bits per heavy atom. The predicted molar refractivity (Wildman–Crippen MR) is 84.8 cm³/mol. The molecule has 0 fully saturated rings. The number of unbranched alkanes of at least 4 members (excludes halogenated alkanes) is 1. The Kier molecular flexibility index (Phi) is 5.12. The highest BCUT2D eigenvalue weighted by atomic mass is 16.3. The van der Waals surface area contributed by atoms with Crippen LogP contribution in [0, 0.1) is 5.41 Å². The summed E-state index contributed by atoms with van der Waals surface area (Å²) in [6.07, 6.45) is 4.89. The van der Waals surface area contributed by atoms with Gasteiger partial charge >= 0.3 is 0 Å². The number of rotatable bonds is 6. The molecule has 4 heteroatoms. The third kappa shape index (κ3) is 4.97. The van der Waals surface area contributed by atoms with Gasteiger partial charge in [-0.3, -0.25) is 5.10 Å². The Morgan fingerprint density at radius 3 is 2.38 bits per heavy atom. The lowest BCUT2D eigenvalue weighted by molar-refractivity contribution is 0.272. The van der Waals surface area contributed by atoms with Crippen LogP contribution < -0.4 is 0 Å². The summed E-state index contributed by atoms with van der Waals surface area (Å²) in [6.45, 7) is 6.76. The number of aromatic amines is 1. The predicted octanol–water partition coefficient (Wildman–Crippen LogP) is 3.72. The molecule has 0 atom stereocenters. The SMILES string of the molecule is CC(C)(C)CCCCc1ccc(-c2n[nH]c(CO)n2)cc1. The third-order valence-electron chi connectivity index (χ3n) is 3.54. The fourth-order valence-electron chi connectivity index (χ4n) is 2.30. The first-order valence-corrected chi connectivity index (χ1v) is 7.59. The second kappa shape index (κ2) is 6.85. The average Bonchev–Trinajstić information content (AvgIpc) is 2.92. The van der Waals surface area contributed by atoms with E-state index in [0.717, 1.165) is 12.0 Å². The van der Waals surface area contributed by atoms with Gasteiger partial charge in [-0.05, 0) is 30.2 Å². The molecule has 2 N–H and O–H groups in total. The van der Waals surface area contributed by atoms with Gasteiger partial charge in [0.05, 0.1) is 0 Å². The lowest BCUT2D eigenvalue weighted by Crippen LogP contribution is -2.04. The summed E-state index contributed by atoms with van der Waals surface area (Å²) in [5, 5.41) is 15.8. The molecule has 0 amide bonds. The molecule has 0 radical (unpaired) electrons. The van der Waals surface area contributed by atoms with Gasteiger partial charge in [-0.2, -0.15) is 5.10 Å². The molecule has 114 valence electrons. The minimum absolute atomic E-state index is 0.112. The molecule has 0 saturated heterocycles. The molecule has 0 spiro atoms. The molecule has 0 aliphatic rings. The second-order valence-electron chi connectivity index (χ2n) is 6.73. The smallest absolute Gasteiger partial charge is 0.181 e. The third-order valence-corrected chi connectivity index (χ3v) is 3.54. The quantitative estimate of drug-likeness (QED) is 0.796. The Bertz CT molecular complexity index is 552. The second-order valence-corrected chi connectivity index (χ2v) is 6.73. The Hall–Kier alpha value is -1.68. The number of hydrogen-bond donors (Lipinski definition) is 2. The number of H-pyrrole nitrogens is 1. The van der Waals surface area contributed by atoms with Crippen molar-refractivity contribution in [3.63, 3.8) is 0 Å². The van der Waals surface area contributed by atoms with Crippen LogP contribution in [0.15, 0.2) is 24.3 Å². The van der Waals surface area contributed by atoms with Crippen LogP contribution in [0.5, 0.6) is 0 Å². The summed E-state index contributed by atoms with van der Waals surface area (Å²) in [5.41, 5.74) is 2.76. The van der Waals surface area contributed by atoms with Gasteiger partial charge in [0.1, 0.15) is 6.61 Å². The molecule has 0 unspecified atom stereocenters. The molecule has 1 aromatic heterocycles. The van der Waals surface area contributed by atoms with Crippen molar-refractivity contribution in [1.82, 2.24) is 15.2 Å². The van der Waals surface area contributed by atoms with E-state index in [0.29, 0.717) is 17.1 Å². The molecule has 1 heterocycles. The lowest BCUT2D eigenvalue weighted by Gasteiger charge is -2.17. The summed E-state index contributed by atoms with van der Waals surface area (Å²) in [5.74, 6) is 1.13. The fraction of sp³-hybridized carbons (Fsp3) is 0.529. The molecule has 2 aromatic rings. The van der Waals surface area contributed by atoms with Crippen LogP contribution in [0.1, 0.15) is 51.4 Å². The van der Waals surface area contributed by atoms with Crippen molar-refractivity contribution in [3.8, 4) is 11.4 Å². The highest BCUT2D eigenvalue weighted by Gasteiger charge is 2.09. The van der Waals surface area contributed by atoms with Crippen LogP contribution in [-0.4, -0.2) is 20.3 Å². The monoisotopic (exact) mass is 287 g/mol. The van der Waals surface area contributed by atoms with Crippen molar-refractivity contribution >= 4 is 0 Å². The number of aliphatic hydroxyl groups excluding tert-OH is 1. The molecular weight excluding hydrogens is 262 g/mol. The van der Waals surface area contributed by atoms with Crippen LogP contribution in [0.4, 0.5) is 0 Å². The molecular formula is C17H25N3O. The van der Waals surface area contributed by atoms with Crippen LogP contribution in [0.25, 0.3) is 11.4 Å². The van der Waals surface area contributed by atoms with Gasteiger partial charge in [-0.25, -0.2) is 4.98 Å². The molecule has 21 heavy (non-hydrogen) atoms. The zero-order chi connectivity index (χ0) is 15.3. The van der Waals surface area contributed by atoms with E-state index in [2.05, 4.69) is 48.1 Å². The summed E-state index contributed by atoms with van der Waals surface area (Å²) in [4.78, 5) is 4.21. The van der Waals surface area contributed by atoms with Crippen LogP contribution >= 0.6 is 0 Å². The van der Waals surface area contributed by atoms with Gasteiger partial charge < -0.3 is 5.11 Å². The number of aromatic nitrogens is 3. The van der Waals surface area contributed by atoms with Gasteiger partial charge in [-0.15, -0.1) is 0 Å². The van der Waals surface area contributed by atoms with Crippen molar-refractivity contribution in [2.45, 2.75) is 53.1 Å². The molecule has 4 nitrogen and oxygen atoms in total. The van der Waals surface area contributed by atoms with Crippen molar-refractivity contribution in [3.05, 3.63) is 35.7 Å². The zero-order valence-corrected chi connectivity index (χ0v) is 13.2. The highest BCUT2D eigenvalue weighted by molar-refractivity contribution is 5.54. The van der Waals surface area contributed by atoms with E-state index < -0.39 is 0 Å². The van der Waals surface area contributed by atoms with Crippen molar-refractivity contribution in [2.24, 2.45) is 5.41 Å². The normalized spacial score (nSPS) is 11.8. The molecule has 0 aliphatic heterocycles. The number of nitrogens with zero attached hydrogens (tertiary/aromatic N) is 2. The molecule has 0 aliphatic carbocycles. The van der Waals surface area contributed by atoms with E-state index in [4.69, 9.17) is 5.11 Å². The zero-order valence-electron chi connectivity index (χ0n) is 13.2. The standard InChI is InChI=1S/C17H25N3O/c1-17(2,3)11-5-4-6-13-7-9-14(10-8-13)16-18-15(12-21)19-20-16/h7-10,21H,4-6,11-12H2,1-3H3,(H,18,19,20). The molecule has 2 rings (SSSR count). The van der Waals surface area contributed by atoms with E-state index in [1.807, 2.05) is 12.1 Å². The number of aliphatic hydroxyl groups is 1. The molecule has 0 saturated carbocycles. The Labute approximate surface area is 126 Å². The maximum atomic E-state index is 8.99. The highest BCUT2D eigenvalue weighted by Crippen LogP contribution is 2.22. The Balaban J connectivity index is 1.87. The van der Waals surface area contributed by atoms with Gasteiger partial charge in [-0.1, -0.05) is 51.5 Å². The van der Waals surface area contributed by atoms with Crippen LogP contribution in [0.3, 0.4) is 0 Å². The first kappa shape index (κ1) is 15.7. The minimum atomic E-state index is -0.112. The first-order valence-electron chi connectivity index (χ1n) is 7.59.